The molecule has 0 aliphatic heterocycles. The van der Waals surface area contributed by atoms with Crippen molar-refractivity contribution in [3.05, 3.63) is 50.5 Å². The maximum absolute atomic E-state index is 12.4. The Bertz CT molecular complexity index is 912. The number of carbonyl (C=O) groups is 2. The molecule has 2 N–H and O–H groups in total. The molecule has 4 rings (SSSR count). The standard InChI is InChI=1S/C18H15Cl3N4O2/c19-11-6-13(21)12(20)5-10(11)17(26)25-18(27)24-16-14(8-1-2-8)22-7-23-15(16)9-3-4-9/h5-9H,1-4H2,(H2,24,25,26,27). The number of rotatable bonds is 4. The number of hydrogen-bond acceptors (Lipinski definition) is 4. The molecule has 3 amide bonds. The van der Waals surface area contributed by atoms with Crippen LogP contribution in [0, 0.1) is 0 Å². The van der Waals surface area contributed by atoms with Gasteiger partial charge in [-0.05, 0) is 37.8 Å². The number of carbonyl (C=O) groups excluding carboxylic acids is 2. The van der Waals surface area contributed by atoms with Crippen LogP contribution in [-0.2, 0) is 0 Å². The summed E-state index contributed by atoms with van der Waals surface area (Å²) in [6.07, 6.45) is 5.69. The van der Waals surface area contributed by atoms with E-state index in [1.165, 1.54) is 12.1 Å². The van der Waals surface area contributed by atoms with Crippen molar-refractivity contribution < 1.29 is 9.59 Å². The zero-order valence-corrected chi connectivity index (χ0v) is 16.3. The van der Waals surface area contributed by atoms with Crippen LogP contribution in [0.4, 0.5) is 10.5 Å². The van der Waals surface area contributed by atoms with Crippen LogP contribution in [0.5, 0.6) is 0 Å². The molecule has 0 unspecified atom stereocenters. The van der Waals surface area contributed by atoms with Crippen LogP contribution in [0.3, 0.4) is 0 Å². The number of nitrogens with one attached hydrogen (secondary N) is 2. The minimum Gasteiger partial charge on any atom is -0.304 e. The van der Waals surface area contributed by atoms with Gasteiger partial charge in [0.05, 0.1) is 37.7 Å². The lowest BCUT2D eigenvalue weighted by atomic mass is 10.1. The van der Waals surface area contributed by atoms with Crippen molar-refractivity contribution in [1.82, 2.24) is 15.3 Å². The molecule has 9 heteroatoms. The summed E-state index contributed by atoms with van der Waals surface area (Å²) in [6, 6.07) is 2.02. The van der Waals surface area contributed by atoms with Crippen molar-refractivity contribution in [2.24, 2.45) is 0 Å². The molecule has 2 aliphatic carbocycles. The fraction of sp³-hybridized carbons (Fsp3) is 0.333. The SMILES string of the molecule is O=C(NC(=O)c1cc(Cl)c(Cl)cc1Cl)Nc1c(C2CC2)ncnc1C1CC1. The molecule has 1 heterocycles. The summed E-state index contributed by atoms with van der Waals surface area (Å²) >= 11 is 17.8. The van der Waals surface area contributed by atoms with E-state index in [0.29, 0.717) is 17.5 Å². The van der Waals surface area contributed by atoms with Gasteiger partial charge in [0, 0.05) is 11.8 Å². The lowest BCUT2D eigenvalue weighted by Crippen LogP contribution is -2.35. The predicted molar refractivity (Wildman–Crippen MR) is 104 cm³/mol. The first-order chi connectivity index (χ1) is 12.9. The first kappa shape index (κ1) is 18.5. The molecule has 2 fully saturated rings. The summed E-state index contributed by atoms with van der Waals surface area (Å²) in [7, 11) is 0. The monoisotopic (exact) mass is 424 g/mol. The third-order valence-corrected chi connectivity index (χ3v) is 5.59. The second-order valence-corrected chi connectivity index (χ2v) is 7.94. The normalized spacial score (nSPS) is 16.1. The van der Waals surface area contributed by atoms with Gasteiger partial charge in [-0.3, -0.25) is 10.1 Å². The molecular weight excluding hydrogens is 411 g/mol. The highest BCUT2D eigenvalue weighted by Crippen LogP contribution is 2.48. The Morgan fingerprint density at radius 2 is 1.44 bits per heavy atom. The number of urea groups is 1. The Kier molecular flexibility index (Phi) is 4.97. The Balaban J connectivity index is 1.53. The van der Waals surface area contributed by atoms with Crippen molar-refractivity contribution in [2.75, 3.05) is 5.32 Å². The van der Waals surface area contributed by atoms with Gasteiger partial charge in [-0.15, -0.1) is 0 Å². The van der Waals surface area contributed by atoms with Crippen LogP contribution in [0.2, 0.25) is 15.1 Å². The van der Waals surface area contributed by atoms with E-state index in [9.17, 15) is 9.59 Å². The average molecular weight is 426 g/mol. The summed E-state index contributed by atoms with van der Waals surface area (Å²) in [6.45, 7) is 0. The second kappa shape index (κ2) is 7.26. The number of benzene rings is 1. The van der Waals surface area contributed by atoms with Crippen LogP contribution in [0.15, 0.2) is 18.5 Å². The predicted octanol–water partition coefficient (Wildman–Crippen LogP) is 5.15. The molecule has 0 spiro atoms. The van der Waals surface area contributed by atoms with Crippen LogP contribution in [-0.4, -0.2) is 21.9 Å². The minimum absolute atomic E-state index is 0.0651. The molecule has 140 valence electrons. The highest BCUT2D eigenvalue weighted by molar-refractivity contribution is 6.44. The van der Waals surface area contributed by atoms with E-state index >= 15 is 0 Å². The first-order valence-corrected chi connectivity index (χ1v) is 9.69. The number of aromatic nitrogens is 2. The highest BCUT2D eigenvalue weighted by Gasteiger charge is 2.34. The maximum Gasteiger partial charge on any atom is 0.326 e. The van der Waals surface area contributed by atoms with Crippen LogP contribution < -0.4 is 10.6 Å². The summed E-state index contributed by atoms with van der Waals surface area (Å²) in [5.41, 5.74) is 2.35. The molecule has 0 saturated heterocycles. The summed E-state index contributed by atoms with van der Waals surface area (Å²) in [4.78, 5) is 33.5. The molecule has 0 atom stereocenters. The van der Waals surface area contributed by atoms with Crippen molar-refractivity contribution in [1.29, 1.82) is 0 Å². The van der Waals surface area contributed by atoms with E-state index < -0.39 is 11.9 Å². The van der Waals surface area contributed by atoms with Gasteiger partial charge >= 0.3 is 6.03 Å². The molecule has 27 heavy (non-hydrogen) atoms. The Labute approximate surface area is 170 Å². The molecule has 0 radical (unpaired) electrons. The Morgan fingerprint density at radius 3 is 2.00 bits per heavy atom. The largest absolute Gasteiger partial charge is 0.326 e. The Morgan fingerprint density at radius 1 is 0.889 bits per heavy atom. The molecule has 2 aromatic rings. The minimum atomic E-state index is -0.672. The van der Waals surface area contributed by atoms with Crippen molar-refractivity contribution >= 4 is 52.4 Å². The molecule has 2 saturated carbocycles. The second-order valence-electron chi connectivity index (χ2n) is 6.72. The summed E-state index contributed by atoms with van der Waals surface area (Å²) < 4.78 is 0. The lowest BCUT2D eigenvalue weighted by Gasteiger charge is -2.14. The summed E-state index contributed by atoms with van der Waals surface area (Å²) in [5.74, 6) is -0.00380. The number of imide groups is 1. The van der Waals surface area contributed by atoms with Crippen molar-refractivity contribution in [3.8, 4) is 0 Å². The van der Waals surface area contributed by atoms with Crippen molar-refractivity contribution in [2.45, 2.75) is 37.5 Å². The van der Waals surface area contributed by atoms with Gasteiger partial charge in [-0.25, -0.2) is 14.8 Å². The lowest BCUT2D eigenvalue weighted by molar-refractivity contribution is 0.0967. The number of halogens is 3. The molecule has 1 aromatic heterocycles. The zero-order chi connectivity index (χ0) is 19.1. The quantitative estimate of drug-likeness (QED) is 0.663. The van der Waals surface area contributed by atoms with Gasteiger partial charge in [0.2, 0.25) is 0 Å². The van der Waals surface area contributed by atoms with Crippen molar-refractivity contribution in [3.63, 3.8) is 0 Å². The van der Waals surface area contributed by atoms with E-state index in [0.717, 1.165) is 37.1 Å². The zero-order valence-electron chi connectivity index (χ0n) is 14.1. The third-order valence-electron chi connectivity index (χ3n) is 4.55. The number of hydrogen-bond donors (Lipinski definition) is 2. The number of anilines is 1. The van der Waals surface area contributed by atoms with Crippen LogP contribution in [0.25, 0.3) is 0 Å². The van der Waals surface area contributed by atoms with Gasteiger partial charge in [0.15, 0.2) is 0 Å². The van der Waals surface area contributed by atoms with E-state index in [1.54, 1.807) is 6.33 Å². The van der Waals surface area contributed by atoms with E-state index in [4.69, 9.17) is 34.8 Å². The molecule has 2 aliphatic rings. The number of amides is 3. The molecule has 1 aromatic carbocycles. The van der Waals surface area contributed by atoms with E-state index in [1.807, 2.05) is 0 Å². The van der Waals surface area contributed by atoms with Gasteiger partial charge < -0.3 is 5.32 Å². The van der Waals surface area contributed by atoms with Gasteiger partial charge in [-0.2, -0.15) is 0 Å². The van der Waals surface area contributed by atoms with Crippen LogP contribution >= 0.6 is 34.8 Å². The maximum atomic E-state index is 12.4. The van der Waals surface area contributed by atoms with Crippen LogP contribution in [0.1, 0.15) is 59.3 Å². The fourth-order valence-corrected chi connectivity index (χ4v) is 3.52. The first-order valence-electron chi connectivity index (χ1n) is 8.55. The fourth-order valence-electron chi connectivity index (χ4n) is 2.89. The third kappa shape index (κ3) is 4.03. The number of nitrogens with zero attached hydrogens (tertiary/aromatic N) is 2. The smallest absolute Gasteiger partial charge is 0.304 e. The van der Waals surface area contributed by atoms with E-state index in [2.05, 4.69) is 20.6 Å². The average Bonchev–Trinajstić information content (AvgIpc) is 3.51. The molecule has 0 bridgehead atoms. The Hall–Kier alpha value is -1.89. The van der Waals surface area contributed by atoms with E-state index in [-0.39, 0.29) is 20.6 Å². The van der Waals surface area contributed by atoms with Gasteiger partial charge in [0.25, 0.3) is 5.91 Å². The van der Waals surface area contributed by atoms with Gasteiger partial charge in [-0.1, -0.05) is 34.8 Å². The molecular formula is C18H15Cl3N4O2. The topological polar surface area (TPSA) is 84.0 Å². The highest BCUT2D eigenvalue weighted by atomic mass is 35.5. The molecule has 6 nitrogen and oxygen atoms in total. The summed E-state index contributed by atoms with van der Waals surface area (Å²) in [5, 5.41) is 5.56. The van der Waals surface area contributed by atoms with Gasteiger partial charge in [0.1, 0.15) is 6.33 Å².